The number of benzene rings is 1. The first-order chi connectivity index (χ1) is 13.2. The molecule has 142 valence electrons. The summed E-state index contributed by atoms with van der Waals surface area (Å²) in [6.45, 7) is 5.93. The molecule has 4 rings (SSSR count). The summed E-state index contributed by atoms with van der Waals surface area (Å²) in [7, 11) is 2.10. The Kier molecular flexibility index (Phi) is 5.36. The minimum Gasteiger partial charge on any atom is -0.353 e. The summed E-state index contributed by atoms with van der Waals surface area (Å²) in [5.41, 5.74) is 1.99. The predicted molar refractivity (Wildman–Crippen MR) is 107 cm³/mol. The highest BCUT2D eigenvalue weighted by atomic mass is 16.2. The van der Waals surface area contributed by atoms with Crippen molar-refractivity contribution in [2.24, 2.45) is 0 Å². The molecule has 1 amide bonds. The van der Waals surface area contributed by atoms with Gasteiger partial charge in [-0.25, -0.2) is 4.98 Å². The molecule has 2 aromatic rings. The van der Waals surface area contributed by atoms with E-state index >= 15 is 0 Å². The lowest BCUT2D eigenvalue weighted by molar-refractivity contribution is 0.0664. The van der Waals surface area contributed by atoms with Gasteiger partial charge in [-0.1, -0.05) is 30.3 Å². The number of carbonyl (C=O) groups is 1. The molecule has 0 unspecified atom stereocenters. The molecule has 1 aromatic carbocycles. The van der Waals surface area contributed by atoms with Crippen LogP contribution in [0, 0.1) is 0 Å². The third-order valence-electron chi connectivity index (χ3n) is 5.48. The fourth-order valence-electron chi connectivity index (χ4n) is 3.85. The van der Waals surface area contributed by atoms with Crippen molar-refractivity contribution in [3.05, 3.63) is 59.8 Å². The zero-order valence-corrected chi connectivity index (χ0v) is 15.8. The van der Waals surface area contributed by atoms with E-state index < -0.39 is 0 Å². The number of nitrogens with zero attached hydrogens (tertiary/aromatic N) is 4. The average molecular weight is 365 g/mol. The molecule has 1 atom stereocenters. The van der Waals surface area contributed by atoms with Crippen LogP contribution in [0.1, 0.15) is 22.0 Å². The molecule has 1 aromatic heterocycles. The van der Waals surface area contributed by atoms with E-state index in [9.17, 15) is 4.79 Å². The van der Waals surface area contributed by atoms with Crippen molar-refractivity contribution in [1.82, 2.24) is 20.1 Å². The second kappa shape index (κ2) is 8.06. The first-order valence-corrected chi connectivity index (χ1v) is 9.68. The Balaban J connectivity index is 1.54. The van der Waals surface area contributed by atoms with Crippen LogP contribution >= 0.6 is 0 Å². The molecule has 2 aliphatic heterocycles. The Morgan fingerprint density at radius 2 is 1.81 bits per heavy atom. The van der Waals surface area contributed by atoms with Crippen molar-refractivity contribution < 1.29 is 4.79 Å². The van der Waals surface area contributed by atoms with Crippen molar-refractivity contribution >= 4 is 11.7 Å². The number of nitrogens with one attached hydrogen (secondary N) is 1. The summed E-state index contributed by atoms with van der Waals surface area (Å²) in [5, 5.41) is 3.58. The van der Waals surface area contributed by atoms with Gasteiger partial charge < -0.3 is 20.0 Å². The number of piperazine rings is 2. The monoisotopic (exact) mass is 365 g/mol. The summed E-state index contributed by atoms with van der Waals surface area (Å²) in [6.07, 6.45) is 1.79. The van der Waals surface area contributed by atoms with Gasteiger partial charge in [0, 0.05) is 58.1 Å². The zero-order chi connectivity index (χ0) is 18.6. The van der Waals surface area contributed by atoms with E-state index in [-0.39, 0.29) is 11.9 Å². The molecule has 6 nitrogen and oxygen atoms in total. The van der Waals surface area contributed by atoms with Crippen LogP contribution in [-0.4, -0.2) is 73.6 Å². The fraction of sp³-hybridized carbons (Fsp3) is 0.429. The van der Waals surface area contributed by atoms with Gasteiger partial charge in [0.25, 0.3) is 5.91 Å². The van der Waals surface area contributed by atoms with E-state index in [2.05, 4.69) is 51.4 Å². The molecule has 2 fully saturated rings. The fourth-order valence-corrected chi connectivity index (χ4v) is 3.85. The summed E-state index contributed by atoms with van der Waals surface area (Å²) in [6, 6.07) is 14.5. The minimum atomic E-state index is 0.0981. The average Bonchev–Trinajstić information content (AvgIpc) is 2.74. The van der Waals surface area contributed by atoms with Crippen molar-refractivity contribution in [3.63, 3.8) is 0 Å². The van der Waals surface area contributed by atoms with Crippen LogP contribution in [0.25, 0.3) is 0 Å². The second-order valence-electron chi connectivity index (χ2n) is 7.33. The molecule has 0 radical (unpaired) electrons. The van der Waals surface area contributed by atoms with Gasteiger partial charge >= 0.3 is 0 Å². The highest BCUT2D eigenvalue weighted by molar-refractivity contribution is 5.99. The van der Waals surface area contributed by atoms with E-state index in [0.717, 1.165) is 57.2 Å². The maximum absolute atomic E-state index is 13.1. The zero-order valence-electron chi connectivity index (χ0n) is 15.8. The Morgan fingerprint density at radius 3 is 2.59 bits per heavy atom. The number of hydrogen-bond acceptors (Lipinski definition) is 5. The number of hydrogen-bond donors (Lipinski definition) is 1. The molecule has 0 bridgehead atoms. The van der Waals surface area contributed by atoms with Gasteiger partial charge in [0.05, 0.1) is 5.56 Å². The number of anilines is 1. The normalized spacial score (nSPS) is 21.3. The van der Waals surface area contributed by atoms with Gasteiger partial charge in [0.2, 0.25) is 0 Å². The van der Waals surface area contributed by atoms with Gasteiger partial charge in [-0.3, -0.25) is 4.79 Å². The summed E-state index contributed by atoms with van der Waals surface area (Å²) >= 11 is 0. The van der Waals surface area contributed by atoms with Gasteiger partial charge in [-0.05, 0) is 24.7 Å². The molecule has 2 aliphatic rings. The molecular formula is C21H27N5O. The molecule has 2 saturated heterocycles. The summed E-state index contributed by atoms with van der Waals surface area (Å²) in [5.74, 6) is 0.907. The van der Waals surface area contributed by atoms with Gasteiger partial charge in [-0.15, -0.1) is 0 Å². The smallest absolute Gasteiger partial charge is 0.257 e. The number of pyridine rings is 1. The number of rotatable bonds is 3. The molecule has 1 N–H and O–H groups in total. The van der Waals surface area contributed by atoms with E-state index in [0.29, 0.717) is 0 Å². The summed E-state index contributed by atoms with van der Waals surface area (Å²) in [4.78, 5) is 24.2. The lowest BCUT2D eigenvalue weighted by Crippen LogP contribution is -2.49. The first-order valence-electron chi connectivity index (χ1n) is 9.68. The maximum atomic E-state index is 13.1. The van der Waals surface area contributed by atoms with Crippen LogP contribution in [0.2, 0.25) is 0 Å². The van der Waals surface area contributed by atoms with Crippen molar-refractivity contribution in [2.45, 2.75) is 6.04 Å². The number of aromatic nitrogens is 1. The van der Waals surface area contributed by atoms with Gasteiger partial charge in [-0.2, -0.15) is 0 Å². The molecule has 0 spiro atoms. The third kappa shape index (κ3) is 3.96. The Labute approximate surface area is 160 Å². The third-order valence-corrected chi connectivity index (χ3v) is 5.48. The van der Waals surface area contributed by atoms with Gasteiger partial charge in [0.15, 0.2) is 0 Å². The van der Waals surface area contributed by atoms with E-state index in [1.54, 1.807) is 6.20 Å². The molecule has 0 aliphatic carbocycles. The molecule has 27 heavy (non-hydrogen) atoms. The molecule has 3 heterocycles. The van der Waals surface area contributed by atoms with Crippen LogP contribution < -0.4 is 10.2 Å². The molecular weight excluding hydrogens is 338 g/mol. The Hall–Kier alpha value is -2.44. The van der Waals surface area contributed by atoms with Crippen LogP contribution in [-0.2, 0) is 0 Å². The first kappa shape index (κ1) is 17.9. The van der Waals surface area contributed by atoms with E-state index in [1.165, 1.54) is 5.56 Å². The highest BCUT2D eigenvalue weighted by Crippen LogP contribution is 2.25. The minimum absolute atomic E-state index is 0.0981. The van der Waals surface area contributed by atoms with Gasteiger partial charge in [0.1, 0.15) is 5.82 Å². The largest absolute Gasteiger partial charge is 0.353 e. The maximum Gasteiger partial charge on any atom is 0.257 e. The highest BCUT2D eigenvalue weighted by Gasteiger charge is 2.28. The van der Waals surface area contributed by atoms with Crippen LogP contribution in [0.5, 0.6) is 0 Å². The number of amides is 1. The van der Waals surface area contributed by atoms with Crippen molar-refractivity contribution in [2.75, 3.05) is 57.8 Å². The SMILES string of the molecule is CN1CCN(C(=O)c2cccnc2N2CCN[C@H](c3ccccc3)C2)CC1. The van der Waals surface area contributed by atoms with Crippen molar-refractivity contribution in [3.8, 4) is 0 Å². The topological polar surface area (TPSA) is 51.7 Å². The second-order valence-corrected chi connectivity index (χ2v) is 7.33. The lowest BCUT2D eigenvalue weighted by Gasteiger charge is -2.37. The number of carbonyl (C=O) groups excluding carboxylic acids is 1. The standard InChI is InChI=1S/C21H27N5O/c1-24-12-14-25(15-13-24)21(27)18-8-5-9-23-20(18)26-11-10-22-19(16-26)17-6-3-2-4-7-17/h2-9,19,22H,10-16H2,1H3/t19-/m0/s1. The Morgan fingerprint density at radius 1 is 1.04 bits per heavy atom. The predicted octanol–water partition coefficient (Wildman–Crippen LogP) is 1.62. The van der Waals surface area contributed by atoms with Crippen LogP contribution in [0.15, 0.2) is 48.7 Å². The van der Waals surface area contributed by atoms with E-state index in [4.69, 9.17) is 0 Å². The summed E-state index contributed by atoms with van der Waals surface area (Å²) < 4.78 is 0. The van der Waals surface area contributed by atoms with Crippen LogP contribution in [0.3, 0.4) is 0 Å². The van der Waals surface area contributed by atoms with Crippen LogP contribution in [0.4, 0.5) is 5.82 Å². The molecule has 6 heteroatoms. The number of likely N-dealkylation sites (N-methyl/N-ethyl adjacent to an activating group) is 1. The lowest BCUT2D eigenvalue weighted by atomic mass is 10.0. The Bertz CT molecular complexity index is 773. The molecule has 0 saturated carbocycles. The van der Waals surface area contributed by atoms with Crippen molar-refractivity contribution in [1.29, 1.82) is 0 Å². The quantitative estimate of drug-likeness (QED) is 0.896. The van der Waals surface area contributed by atoms with E-state index in [1.807, 2.05) is 23.1 Å².